The molecule has 2 heterocycles. The molecule has 0 aromatic heterocycles. The molecule has 0 radical (unpaired) electrons. The molecular weight excluding hydrogens is 510 g/mol. The molecule has 10 nitrogen and oxygen atoms in total. The molecule has 0 aromatic rings. The first kappa shape index (κ1) is 32.8. The summed E-state index contributed by atoms with van der Waals surface area (Å²) in [5.74, 6) is 1.27. The van der Waals surface area contributed by atoms with E-state index in [2.05, 4.69) is 22.5 Å². The summed E-state index contributed by atoms with van der Waals surface area (Å²) in [5.41, 5.74) is 0. The summed E-state index contributed by atoms with van der Waals surface area (Å²) in [6.07, 6.45) is 7.45. The minimum Gasteiger partial charge on any atom is -0.379 e. The van der Waals surface area contributed by atoms with E-state index in [4.69, 9.17) is 18.9 Å². The SMILES string of the molecule is CCCCN1C(=O)N[C@H]2CS[C@@H](CCCCC(=O)CCCOCCOCCOCCOCCC(=O)NC)[C@H]21. The van der Waals surface area contributed by atoms with Crippen LogP contribution in [-0.2, 0) is 28.5 Å². The van der Waals surface area contributed by atoms with E-state index in [0.29, 0.717) is 89.2 Å². The van der Waals surface area contributed by atoms with E-state index in [9.17, 15) is 14.4 Å². The minimum absolute atomic E-state index is 0.0346. The van der Waals surface area contributed by atoms with Gasteiger partial charge in [0.25, 0.3) is 0 Å². The van der Waals surface area contributed by atoms with Crippen LogP contribution in [0.3, 0.4) is 0 Å². The maximum Gasteiger partial charge on any atom is 0.318 e. The molecule has 3 atom stereocenters. The molecule has 2 fully saturated rings. The second-order valence-corrected chi connectivity index (χ2v) is 11.0. The Balaban J connectivity index is 1.35. The molecule has 0 aliphatic carbocycles. The Morgan fingerprint density at radius 3 is 2.18 bits per heavy atom. The number of hydrogen-bond acceptors (Lipinski definition) is 8. The molecular formula is C27H49N3O7S. The number of rotatable bonds is 24. The Morgan fingerprint density at radius 1 is 0.895 bits per heavy atom. The Morgan fingerprint density at radius 2 is 1.53 bits per heavy atom. The van der Waals surface area contributed by atoms with Crippen molar-refractivity contribution in [2.75, 3.05) is 72.2 Å². The number of hydrogen-bond donors (Lipinski definition) is 2. The van der Waals surface area contributed by atoms with Gasteiger partial charge in [0.1, 0.15) is 5.78 Å². The van der Waals surface area contributed by atoms with Crippen molar-refractivity contribution in [3.63, 3.8) is 0 Å². The van der Waals surface area contributed by atoms with Gasteiger partial charge in [-0.1, -0.05) is 19.8 Å². The van der Waals surface area contributed by atoms with Crippen LogP contribution in [0.15, 0.2) is 0 Å². The summed E-state index contributed by atoms with van der Waals surface area (Å²) in [6.45, 7) is 6.87. The van der Waals surface area contributed by atoms with Crippen LogP contribution >= 0.6 is 11.8 Å². The lowest BCUT2D eigenvalue weighted by molar-refractivity contribution is -0.122. The molecule has 3 amide bonds. The predicted molar refractivity (Wildman–Crippen MR) is 149 cm³/mol. The van der Waals surface area contributed by atoms with Gasteiger partial charge >= 0.3 is 6.03 Å². The highest BCUT2D eigenvalue weighted by Crippen LogP contribution is 2.37. The quantitative estimate of drug-likeness (QED) is 0.137. The average molecular weight is 560 g/mol. The van der Waals surface area contributed by atoms with Crippen molar-refractivity contribution in [2.45, 2.75) is 82.0 Å². The van der Waals surface area contributed by atoms with Gasteiger partial charge in [0.2, 0.25) is 5.91 Å². The molecule has 2 aliphatic heterocycles. The number of Topliss-reactive ketones (excluding diaryl/α,β-unsaturated/α-hetero) is 1. The van der Waals surface area contributed by atoms with E-state index in [-0.39, 0.29) is 18.0 Å². The number of fused-ring (bicyclic) bond motifs is 1. The van der Waals surface area contributed by atoms with Crippen LogP contribution in [0.4, 0.5) is 4.79 Å². The fraction of sp³-hybridized carbons (Fsp3) is 0.889. The smallest absolute Gasteiger partial charge is 0.318 e. The highest BCUT2D eigenvalue weighted by atomic mass is 32.2. The van der Waals surface area contributed by atoms with Crippen molar-refractivity contribution in [1.29, 1.82) is 0 Å². The van der Waals surface area contributed by atoms with Crippen LogP contribution in [0, 0.1) is 0 Å². The summed E-state index contributed by atoms with van der Waals surface area (Å²) in [5, 5.41) is 6.17. The van der Waals surface area contributed by atoms with E-state index in [1.165, 1.54) is 0 Å². The number of nitrogens with one attached hydrogen (secondary N) is 2. The lowest BCUT2D eigenvalue weighted by atomic mass is 10.0. The standard InChI is InChI=1S/C27H49N3O7S/c1-3-4-12-30-26-23(29-27(30)33)21-38-24(26)10-6-5-8-22(31)9-7-13-34-15-17-36-19-20-37-18-16-35-14-11-25(32)28-2/h23-24,26H,3-21H2,1-2H3,(H,28,32)(H,29,33)/t23-,24-,26-/m0/s1. The number of amides is 3. The van der Waals surface area contributed by atoms with E-state index in [0.717, 1.165) is 50.8 Å². The first-order valence-corrected chi connectivity index (χ1v) is 15.3. The van der Waals surface area contributed by atoms with Gasteiger partial charge in [0, 0.05) is 50.5 Å². The zero-order valence-corrected chi connectivity index (χ0v) is 24.2. The minimum atomic E-state index is -0.0346. The third-order valence-corrected chi connectivity index (χ3v) is 8.27. The monoisotopic (exact) mass is 559 g/mol. The molecule has 220 valence electrons. The molecule has 0 unspecified atom stereocenters. The molecule has 0 spiro atoms. The van der Waals surface area contributed by atoms with Crippen molar-refractivity contribution in [3.05, 3.63) is 0 Å². The lowest BCUT2D eigenvalue weighted by Gasteiger charge is -2.27. The largest absolute Gasteiger partial charge is 0.379 e. The van der Waals surface area contributed by atoms with Gasteiger partial charge in [-0.2, -0.15) is 11.8 Å². The topological polar surface area (TPSA) is 115 Å². The molecule has 0 aromatic carbocycles. The fourth-order valence-electron chi connectivity index (χ4n) is 4.65. The normalized spacial score (nSPS) is 20.5. The Labute approximate surface area is 232 Å². The van der Waals surface area contributed by atoms with Gasteiger partial charge in [-0.3, -0.25) is 9.59 Å². The number of thioether (sulfide) groups is 1. The van der Waals surface area contributed by atoms with Crippen LogP contribution in [0.1, 0.15) is 64.7 Å². The third kappa shape index (κ3) is 13.1. The second kappa shape index (κ2) is 20.5. The summed E-state index contributed by atoms with van der Waals surface area (Å²) in [7, 11) is 1.60. The number of urea groups is 1. The molecule has 2 N–H and O–H groups in total. The first-order chi connectivity index (χ1) is 18.6. The molecule has 2 saturated heterocycles. The molecule has 2 rings (SSSR count). The van der Waals surface area contributed by atoms with Gasteiger partial charge in [-0.25, -0.2) is 4.79 Å². The summed E-state index contributed by atoms with van der Waals surface area (Å²) in [6, 6.07) is 0.703. The van der Waals surface area contributed by atoms with Crippen molar-refractivity contribution >= 4 is 29.5 Å². The fourth-order valence-corrected chi connectivity index (χ4v) is 6.26. The second-order valence-electron chi connectivity index (χ2n) is 9.73. The highest BCUT2D eigenvalue weighted by Gasteiger charge is 2.47. The predicted octanol–water partition coefficient (Wildman–Crippen LogP) is 2.78. The van der Waals surface area contributed by atoms with Gasteiger partial charge in [0.15, 0.2) is 0 Å². The summed E-state index contributed by atoms with van der Waals surface area (Å²) in [4.78, 5) is 37.6. The number of carbonyl (C=O) groups excluding carboxylic acids is 3. The highest BCUT2D eigenvalue weighted by molar-refractivity contribution is 8.00. The molecule has 0 saturated carbocycles. The Kier molecular flexibility index (Phi) is 17.7. The van der Waals surface area contributed by atoms with Crippen molar-refractivity contribution in [3.8, 4) is 0 Å². The van der Waals surface area contributed by atoms with Crippen LogP contribution in [0.5, 0.6) is 0 Å². The molecule has 11 heteroatoms. The van der Waals surface area contributed by atoms with Crippen LogP contribution in [0.2, 0.25) is 0 Å². The number of carbonyl (C=O) groups is 3. The maximum absolute atomic E-state index is 12.3. The van der Waals surface area contributed by atoms with Gasteiger partial charge in [-0.15, -0.1) is 0 Å². The number of nitrogens with zero attached hydrogens (tertiary/aromatic N) is 1. The lowest BCUT2D eigenvalue weighted by Crippen LogP contribution is -2.41. The number of unbranched alkanes of at least 4 members (excludes halogenated alkanes) is 2. The molecule has 38 heavy (non-hydrogen) atoms. The van der Waals surface area contributed by atoms with Gasteiger partial charge in [0.05, 0.1) is 58.3 Å². The van der Waals surface area contributed by atoms with Crippen LogP contribution < -0.4 is 10.6 Å². The molecule has 2 aliphatic rings. The average Bonchev–Trinajstić information content (AvgIpc) is 3.45. The Bertz CT molecular complexity index is 685. The summed E-state index contributed by atoms with van der Waals surface area (Å²) >= 11 is 1.97. The third-order valence-electron chi connectivity index (χ3n) is 6.77. The van der Waals surface area contributed by atoms with Crippen molar-refractivity contribution in [1.82, 2.24) is 15.5 Å². The van der Waals surface area contributed by atoms with Crippen molar-refractivity contribution in [2.24, 2.45) is 0 Å². The maximum atomic E-state index is 12.3. The van der Waals surface area contributed by atoms with E-state index in [1.807, 2.05) is 11.8 Å². The molecule has 0 bridgehead atoms. The van der Waals surface area contributed by atoms with E-state index >= 15 is 0 Å². The Hall–Kier alpha value is -1.40. The van der Waals surface area contributed by atoms with E-state index < -0.39 is 0 Å². The van der Waals surface area contributed by atoms with Crippen molar-refractivity contribution < 1.29 is 33.3 Å². The first-order valence-electron chi connectivity index (χ1n) is 14.3. The van der Waals surface area contributed by atoms with Gasteiger partial charge in [-0.05, 0) is 25.7 Å². The van der Waals surface area contributed by atoms with Gasteiger partial charge < -0.3 is 34.5 Å². The summed E-state index contributed by atoms with van der Waals surface area (Å²) < 4.78 is 21.7. The number of ether oxygens (including phenoxy) is 4. The van der Waals surface area contributed by atoms with Crippen LogP contribution in [0.25, 0.3) is 0 Å². The zero-order valence-electron chi connectivity index (χ0n) is 23.4. The zero-order chi connectivity index (χ0) is 27.4. The number of ketones is 1. The van der Waals surface area contributed by atoms with E-state index in [1.54, 1.807) is 7.05 Å². The van der Waals surface area contributed by atoms with Crippen LogP contribution in [-0.4, -0.2) is 112 Å².